The standard InChI is InChI=1S/C23H19N3O3/c1-4-10-18(11-5-1)23(19-12-6-2-7-13-19)26-28-17-22-25-24-21(29-22)16-27-20-14-8-3-9-15-20/h1-15H,16-17H2. The van der Waals surface area contributed by atoms with Crippen LogP contribution in [0.5, 0.6) is 5.75 Å². The zero-order valence-electron chi connectivity index (χ0n) is 15.6. The number of benzene rings is 3. The smallest absolute Gasteiger partial charge is 0.256 e. The van der Waals surface area contributed by atoms with Crippen molar-refractivity contribution >= 4 is 5.71 Å². The van der Waals surface area contributed by atoms with E-state index < -0.39 is 0 Å². The Morgan fingerprint density at radius 2 is 1.21 bits per heavy atom. The van der Waals surface area contributed by atoms with E-state index in [1.54, 1.807) is 0 Å². The average Bonchev–Trinajstić information content (AvgIpc) is 3.25. The summed E-state index contributed by atoms with van der Waals surface area (Å²) in [4.78, 5) is 5.52. The van der Waals surface area contributed by atoms with Crippen LogP contribution < -0.4 is 4.74 Å². The second-order valence-electron chi connectivity index (χ2n) is 6.14. The van der Waals surface area contributed by atoms with E-state index in [2.05, 4.69) is 15.4 Å². The molecule has 0 saturated carbocycles. The molecule has 29 heavy (non-hydrogen) atoms. The Morgan fingerprint density at radius 3 is 1.79 bits per heavy atom. The van der Waals surface area contributed by atoms with Gasteiger partial charge in [0.25, 0.3) is 11.8 Å². The molecule has 0 spiro atoms. The highest BCUT2D eigenvalue weighted by Gasteiger charge is 2.10. The van der Waals surface area contributed by atoms with Crippen LogP contribution in [-0.4, -0.2) is 15.9 Å². The summed E-state index contributed by atoms with van der Waals surface area (Å²) in [6.45, 7) is 0.265. The Balaban J connectivity index is 1.41. The second kappa shape index (κ2) is 9.32. The maximum absolute atomic E-state index is 5.60. The Bertz CT molecular complexity index is 1010. The molecule has 1 aromatic heterocycles. The van der Waals surface area contributed by atoms with Crippen molar-refractivity contribution in [3.05, 3.63) is 114 Å². The Kier molecular flexibility index (Phi) is 5.93. The number of hydrogen-bond acceptors (Lipinski definition) is 6. The molecule has 0 radical (unpaired) electrons. The molecule has 6 heteroatoms. The van der Waals surface area contributed by atoms with Crippen LogP contribution in [0, 0.1) is 0 Å². The van der Waals surface area contributed by atoms with Gasteiger partial charge in [-0.2, -0.15) is 0 Å². The van der Waals surface area contributed by atoms with Crippen LogP contribution >= 0.6 is 0 Å². The predicted octanol–water partition coefficient (Wildman–Crippen LogP) is 4.62. The number of rotatable bonds is 8. The highest BCUT2D eigenvalue weighted by atomic mass is 16.6. The molecule has 4 aromatic rings. The van der Waals surface area contributed by atoms with E-state index in [1.165, 1.54) is 0 Å². The maximum Gasteiger partial charge on any atom is 0.256 e. The van der Waals surface area contributed by atoms with Gasteiger partial charge in [0.2, 0.25) is 0 Å². The third-order valence-corrected chi connectivity index (χ3v) is 4.05. The molecule has 0 bridgehead atoms. The normalized spacial score (nSPS) is 10.3. The summed E-state index contributed by atoms with van der Waals surface area (Å²) < 4.78 is 11.2. The number of para-hydroxylation sites is 1. The van der Waals surface area contributed by atoms with Crippen LogP contribution in [0.2, 0.25) is 0 Å². The number of aromatic nitrogens is 2. The minimum absolute atomic E-state index is 0.0709. The molecule has 6 nitrogen and oxygen atoms in total. The molecule has 0 amide bonds. The number of hydrogen-bond donors (Lipinski definition) is 0. The van der Waals surface area contributed by atoms with Gasteiger partial charge >= 0.3 is 0 Å². The van der Waals surface area contributed by atoms with Crippen molar-refractivity contribution in [3.63, 3.8) is 0 Å². The minimum atomic E-state index is 0.0709. The second-order valence-corrected chi connectivity index (χ2v) is 6.14. The summed E-state index contributed by atoms with van der Waals surface area (Å²) in [7, 11) is 0. The average molecular weight is 385 g/mol. The molecule has 144 valence electrons. The predicted molar refractivity (Wildman–Crippen MR) is 108 cm³/mol. The van der Waals surface area contributed by atoms with E-state index in [9.17, 15) is 0 Å². The molecule has 0 N–H and O–H groups in total. The monoisotopic (exact) mass is 385 g/mol. The SMILES string of the molecule is c1ccc(OCc2nnc(CON=C(c3ccccc3)c3ccccc3)o2)cc1. The molecule has 1 heterocycles. The quantitative estimate of drug-likeness (QED) is 0.327. The van der Waals surface area contributed by atoms with E-state index >= 15 is 0 Å². The largest absolute Gasteiger partial charge is 0.484 e. The first kappa shape index (κ1) is 18.4. The van der Waals surface area contributed by atoms with Gasteiger partial charge < -0.3 is 14.0 Å². The summed E-state index contributed by atoms with van der Waals surface area (Å²) in [5.74, 6) is 1.45. The van der Waals surface area contributed by atoms with Gasteiger partial charge in [-0.05, 0) is 12.1 Å². The number of oxime groups is 1. The van der Waals surface area contributed by atoms with Crippen LogP contribution in [0.15, 0.2) is 101 Å². The lowest BCUT2D eigenvalue weighted by atomic mass is 10.0. The lowest BCUT2D eigenvalue weighted by Crippen LogP contribution is -2.04. The highest BCUT2D eigenvalue weighted by molar-refractivity contribution is 6.12. The number of nitrogens with zero attached hydrogens (tertiary/aromatic N) is 3. The van der Waals surface area contributed by atoms with Gasteiger partial charge in [0.05, 0.1) is 0 Å². The molecular weight excluding hydrogens is 366 g/mol. The fraction of sp³-hybridized carbons (Fsp3) is 0.0870. The van der Waals surface area contributed by atoms with Crippen molar-refractivity contribution in [1.82, 2.24) is 10.2 Å². The summed E-state index contributed by atoms with van der Waals surface area (Å²) in [5, 5.41) is 12.3. The third-order valence-electron chi connectivity index (χ3n) is 4.05. The molecule has 4 rings (SSSR count). The van der Waals surface area contributed by atoms with Crippen LogP contribution in [-0.2, 0) is 18.1 Å². The van der Waals surface area contributed by atoms with Crippen molar-refractivity contribution in [2.24, 2.45) is 5.16 Å². The Hall–Kier alpha value is -3.93. The van der Waals surface area contributed by atoms with Crippen molar-refractivity contribution in [1.29, 1.82) is 0 Å². The third kappa shape index (κ3) is 5.07. The summed E-state index contributed by atoms with van der Waals surface area (Å²) in [5.41, 5.74) is 2.65. The molecule has 0 aliphatic rings. The van der Waals surface area contributed by atoms with Gasteiger partial charge in [-0.25, -0.2) is 0 Å². The van der Waals surface area contributed by atoms with Crippen LogP contribution in [0.1, 0.15) is 22.9 Å². The Labute approximate surface area is 168 Å². The van der Waals surface area contributed by atoms with Crippen LogP contribution in [0.4, 0.5) is 0 Å². The Morgan fingerprint density at radius 1 is 0.690 bits per heavy atom. The molecule has 0 fully saturated rings. The summed E-state index contributed by atoms with van der Waals surface area (Å²) in [6.07, 6.45) is 0. The van der Waals surface area contributed by atoms with Crippen molar-refractivity contribution in [3.8, 4) is 5.75 Å². The topological polar surface area (TPSA) is 69.7 Å². The molecular formula is C23H19N3O3. The molecule has 0 atom stereocenters. The van der Waals surface area contributed by atoms with Crippen LogP contribution in [0.3, 0.4) is 0 Å². The van der Waals surface area contributed by atoms with Gasteiger partial charge in [-0.3, -0.25) is 0 Å². The summed E-state index contributed by atoms with van der Waals surface area (Å²) in [6, 6.07) is 29.2. The first-order valence-corrected chi connectivity index (χ1v) is 9.18. The van der Waals surface area contributed by atoms with Crippen molar-refractivity contribution in [2.75, 3.05) is 0 Å². The van der Waals surface area contributed by atoms with E-state index in [0.717, 1.165) is 22.6 Å². The van der Waals surface area contributed by atoms with Crippen molar-refractivity contribution in [2.45, 2.75) is 13.2 Å². The van der Waals surface area contributed by atoms with Crippen molar-refractivity contribution < 1.29 is 14.0 Å². The van der Waals surface area contributed by atoms with E-state index in [1.807, 2.05) is 91.0 Å². The molecule has 3 aromatic carbocycles. The zero-order valence-corrected chi connectivity index (χ0v) is 15.6. The molecule has 0 aliphatic carbocycles. The lowest BCUT2D eigenvalue weighted by Gasteiger charge is -2.06. The van der Waals surface area contributed by atoms with E-state index in [-0.39, 0.29) is 13.2 Å². The summed E-state index contributed by atoms with van der Waals surface area (Å²) >= 11 is 0. The molecule has 0 saturated heterocycles. The van der Waals surface area contributed by atoms with E-state index in [0.29, 0.717) is 11.8 Å². The van der Waals surface area contributed by atoms with Gasteiger partial charge in [-0.15, -0.1) is 10.2 Å². The molecule has 0 unspecified atom stereocenters. The van der Waals surface area contributed by atoms with Gasteiger partial charge in [0.15, 0.2) is 13.2 Å². The van der Waals surface area contributed by atoms with Gasteiger partial charge in [0, 0.05) is 11.1 Å². The maximum atomic E-state index is 5.60. The molecule has 0 aliphatic heterocycles. The fourth-order valence-electron chi connectivity index (χ4n) is 2.68. The number of ether oxygens (including phenoxy) is 1. The zero-order chi connectivity index (χ0) is 19.7. The van der Waals surface area contributed by atoms with Gasteiger partial charge in [-0.1, -0.05) is 84.0 Å². The lowest BCUT2D eigenvalue weighted by molar-refractivity contribution is 0.108. The van der Waals surface area contributed by atoms with Crippen LogP contribution in [0.25, 0.3) is 0 Å². The first-order valence-electron chi connectivity index (χ1n) is 9.18. The minimum Gasteiger partial charge on any atom is -0.484 e. The van der Waals surface area contributed by atoms with Gasteiger partial charge in [0.1, 0.15) is 11.5 Å². The van der Waals surface area contributed by atoms with E-state index in [4.69, 9.17) is 14.0 Å². The first-order chi connectivity index (χ1) is 14.4. The highest BCUT2D eigenvalue weighted by Crippen LogP contribution is 2.13. The fourth-order valence-corrected chi connectivity index (χ4v) is 2.68.